The Morgan fingerprint density at radius 2 is 1.86 bits per heavy atom. The molecule has 1 aliphatic carbocycles. The van der Waals surface area contributed by atoms with E-state index in [9.17, 15) is 4.79 Å². The highest BCUT2D eigenvalue weighted by Gasteiger charge is 2.28. The molecule has 2 N–H and O–H groups in total. The Morgan fingerprint density at radius 3 is 2.38 bits per heavy atom. The first kappa shape index (κ1) is 21.0. The number of carbonyl (C=O) groups excluding carboxylic acids is 1. The van der Waals surface area contributed by atoms with E-state index in [4.69, 9.17) is 0 Å². The maximum atomic E-state index is 12.0. The number of hydrogen-bond donors (Lipinski definition) is 2. The third-order valence-electron chi connectivity index (χ3n) is 4.90. The average molecular weight is 340 g/mol. The van der Waals surface area contributed by atoms with Gasteiger partial charge in [-0.3, -0.25) is 4.79 Å². The van der Waals surface area contributed by atoms with Crippen molar-refractivity contribution in [1.82, 2.24) is 15.5 Å². The van der Waals surface area contributed by atoms with Crippen LogP contribution in [-0.2, 0) is 4.79 Å². The van der Waals surface area contributed by atoms with Gasteiger partial charge in [0.1, 0.15) is 0 Å². The van der Waals surface area contributed by atoms with Crippen LogP contribution in [0, 0.1) is 11.8 Å². The number of carbonyl (C=O) groups is 1. The smallest absolute Gasteiger partial charge is 0.223 e. The van der Waals surface area contributed by atoms with Crippen molar-refractivity contribution in [2.75, 3.05) is 33.2 Å². The van der Waals surface area contributed by atoms with Crippen molar-refractivity contribution in [2.45, 2.75) is 45.1 Å². The second-order valence-corrected chi connectivity index (χ2v) is 6.27. The number of nitrogens with one attached hydrogen (secondary N) is 2. The maximum absolute atomic E-state index is 12.0. The second-order valence-electron chi connectivity index (χ2n) is 6.27. The Kier molecular flexibility index (Phi) is 10.6. The van der Waals surface area contributed by atoms with Crippen LogP contribution in [0.1, 0.15) is 39.0 Å². The molecule has 0 aromatic carbocycles. The van der Waals surface area contributed by atoms with Gasteiger partial charge in [-0.05, 0) is 38.9 Å². The quantitative estimate of drug-likeness (QED) is 0.778. The summed E-state index contributed by atoms with van der Waals surface area (Å²) in [6, 6.07) is 0.735. The fourth-order valence-corrected chi connectivity index (χ4v) is 3.10. The van der Waals surface area contributed by atoms with Crippen LogP contribution in [0.25, 0.3) is 0 Å². The van der Waals surface area contributed by atoms with Gasteiger partial charge in [0.05, 0.1) is 0 Å². The monoisotopic (exact) mass is 339 g/mol. The average Bonchev–Trinajstić information content (AvgIpc) is 2.37. The maximum Gasteiger partial charge on any atom is 0.223 e. The largest absolute Gasteiger partial charge is 0.355 e. The molecule has 2 fully saturated rings. The van der Waals surface area contributed by atoms with Gasteiger partial charge >= 0.3 is 0 Å². The zero-order valence-electron chi connectivity index (χ0n) is 13.3. The number of likely N-dealkylation sites (N-methyl/N-ethyl adjacent to an activating group) is 1. The Labute approximate surface area is 141 Å². The van der Waals surface area contributed by atoms with E-state index in [1.807, 2.05) is 6.92 Å². The molecule has 126 valence electrons. The SMILES string of the molecule is CC(C(=O)NCCN(C)C1CCCCC1)C1CNC1.Cl.Cl. The Morgan fingerprint density at radius 1 is 1.24 bits per heavy atom. The minimum absolute atomic E-state index is 0. The normalized spacial score (nSPS) is 20.9. The Balaban J connectivity index is 0.00000200. The zero-order valence-corrected chi connectivity index (χ0v) is 14.9. The summed E-state index contributed by atoms with van der Waals surface area (Å²) < 4.78 is 0. The zero-order chi connectivity index (χ0) is 13.7. The molecular weight excluding hydrogens is 309 g/mol. The predicted octanol–water partition coefficient (Wildman–Crippen LogP) is 2.07. The van der Waals surface area contributed by atoms with Gasteiger partial charge in [-0.2, -0.15) is 0 Å². The van der Waals surface area contributed by atoms with E-state index in [-0.39, 0.29) is 36.6 Å². The number of rotatable bonds is 6. The molecule has 0 aromatic heterocycles. The molecule has 1 saturated heterocycles. The molecule has 21 heavy (non-hydrogen) atoms. The van der Waals surface area contributed by atoms with Crippen molar-refractivity contribution in [3.63, 3.8) is 0 Å². The molecule has 1 heterocycles. The summed E-state index contributed by atoms with van der Waals surface area (Å²) in [4.78, 5) is 14.4. The van der Waals surface area contributed by atoms with Gasteiger partial charge in [0, 0.05) is 25.0 Å². The van der Waals surface area contributed by atoms with E-state index in [0.717, 1.165) is 32.2 Å². The molecule has 0 bridgehead atoms. The predicted molar refractivity (Wildman–Crippen MR) is 92.5 cm³/mol. The summed E-state index contributed by atoms with van der Waals surface area (Å²) >= 11 is 0. The van der Waals surface area contributed by atoms with Gasteiger partial charge in [-0.25, -0.2) is 0 Å². The number of halogens is 2. The lowest BCUT2D eigenvalue weighted by molar-refractivity contribution is -0.126. The first-order chi connectivity index (χ1) is 9.18. The lowest BCUT2D eigenvalue weighted by atomic mass is 9.88. The highest BCUT2D eigenvalue weighted by Crippen LogP contribution is 2.21. The van der Waals surface area contributed by atoms with Gasteiger partial charge in [-0.15, -0.1) is 24.8 Å². The summed E-state index contributed by atoms with van der Waals surface area (Å²) in [6.45, 7) is 5.81. The van der Waals surface area contributed by atoms with Crippen LogP contribution in [0.3, 0.4) is 0 Å². The molecule has 0 radical (unpaired) electrons. The summed E-state index contributed by atoms with van der Waals surface area (Å²) in [5.74, 6) is 0.917. The molecule has 1 atom stereocenters. The molecule has 1 saturated carbocycles. The van der Waals surface area contributed by atoms with E-state index in [0.29, 0.717) is 5.92 Å². The number of hydrogen-bond acceptors (Lipinski definition) is 3. The number of amides is 1. The molecule has 1 unspecified atom stereocenters. The van der Waals surface area contributed by atoms with E-state index >= 15 is 0 Å². The fourth-order valence-electron chi connectivity index (χ4n) is 3.10. The summed E-state index contributed by atoms with van der Waals surface area (Å²) in [5, 5.41) is 6.32. The topological polar surface area (TPSA) is 44.4 Å². The molecule has 2 aliphatic rings. The van der Waals surface area contributed by atoms with Gasteiger partial charge < -0.3 is 15.5 Å². The van der Waals surface area contributed by atoms with E-state index < -0.39 is 0 Å². The van der Waals surface area contributed by atoms with Crippen molar-refractivity contribution in [2.24, 2.45) is 11.8 Å². The van der Waals surface area contributed by atoms with Gasteiger partial charge in [0.2, 0.25) is 5.91 Å². The van der Waals surface area contributed by atoms with Crippen LogP contribution >= 0.6 is 24.8 Å². The Hall–Kier alpha value is -0.0300. The molecule has 1 aliphatic heterocycles. The van der Waals surface area contributed by atoms with E-state index in [2.05, 4.69) is 22.6 Å². The first-order valence-corrected chi connectivity index (χ1v) is 7.87. The Bertz CT molecular complexity index is 295. The van der Waals surface area contributed by atoms with Crippen molar-refractivity contribution in [3.8, 4) is 0 Å². The standard InChI is InChI=1S/C15H29N3O.2ClH/c1-12(13-10-16-11-13)15(19)17-8-9-18(2)14-6-4-3-5-7-14;;/h12-14,16H,3-11H2,1-2H3,(H,17,19);2*1H. The minimum atomic E-state index is 0. The van der Waals surface area contributed by atoms with E-state index in [1.54, 1.807) is 0 Å². The minimum Gasteiger partial charge on any atom is -0.355 e. The molecule has 1 amide bonds. The van der Waals surface area contributed by atoms with Crippen LogP contribution < -0.4 is 10.6 Å². The fraction of sp³-hybridized carbons (Fsp3) is 0.933. The summed E-state index contributed by atoms with van der Waals surface area (Å²) in [7, 11) is 2.20. The highest BCUT2D eigenvalue weighted by atomic mass is 35.5. The van der Waals surface area contributed by atoms with Crippen LogP contribution in [0.15, 0.2) is 0 Å². The van der Waals surface area contributed by atoms with Crippen molar-refractivity contribution in [3.05, 3.63) is 0 Å². The van der Waals surface area contributed by atoms with Crippen molar-refractivity contribution < 1.29 is 4.79 Å². The first-order valence-electron chi connectivity index (χ1n) is 7.87. The lowest BCUT2D eigenvalue weighted by Crippen LogP contribution is -2.50. The van der Waals surface area contributed by atoms with Crippen LogP contribution in [0.2, 0.25) is 0 Å². The van der Waals surface area contributed by atoms with Crippen LogP contribution in [-0.4, -0.2) is 50.1 Å². The van der Waals surface area contributed by atoms with Crippen molar-refractivity contribution in [1.29, 1.82) is 0 Å². The van der Waals surface area contributed by atoms with Crippen LogP contribution in [0.4, 0.5) is 0 Å². The summed E-state index contributed by atoms with van der Waals surface area (Å²) in [5.41, 5.74) is 0. The third-order valence-corrected chi connectivity index (χ3v) is 4.90. The van der Waals surface area contributed by atoms with Gasteiger partial charge in [0.15, 0.2) is 0 Å². The molecule has 0 aromatic rings. The van der Waals surface area contributed by atoms with Crippen LogP contribution in [0.5, 0.6) is 0 Å². The molecule has 4 nitrogen and oxygen atoms in total. The molecule has 6 heteroatoms. The third kappa shape index (κ3) is 6.31. The molecule has 0 spiro atoms. The summed E-state index contributed by atoms with van der Waals surface area (Å²) in [6.07, 6.45) is 6.79. The van der Waals surface area contributed by atoms with Crippen molar-refractivity contribution >= 4 is 30.7 Å². The molecule has 2 rings (SSSR count). The highest BCUT2D eigenvalue weighted by molar-refractivity contribution is 5.85. The lowest BCUT2D eigenvalue weighted by Gasteiger charge is -2.33. The second kappa shape index (κ2) is 10.7. The number of nitrogens with zero attached hydrogens (tertiary/aromatic N) is 1. The molecular formula is C15H31Cl2N3O. The van der Waals surface area contributed by atoms with Gasteiger partial charge in [-0.1, -0.05) is 26.2 Å². The van der Waals surface area contributed by atoms with E-state index in [1.165, 1.54) is 32.1 Å². The van der Waals surface area contributed by atoms with Gasteiger partial charge in [0.25, 0.3) is 0 Å².